The molecule has 31 heavy (non-hydrogen) atoms. The van der Waals surface area contributed by atoms with Gasteiger partial charge in [0.2, 0.25) is 0 Å². The third-order valence-corrected chi connectivity index (χ3v) is 5.44. The van der Waals surface area contributed by atoms with E-state index in [1.807, 2.05) is 45.0 Å². The fourth-order valence-electron chi connectivity index (χ4n) is 3.56. The summed E-state index contributed by atoms with van der Waals surface area (Å²) in [6, 6.07) is 13.9. The zero-order valence-electron chi connectivity index (χ0n) is 18.4. The Morgan fingerprint density at radius 3 is 2.23 bits per heavy atom. The molecule has 1 N–H and O–H groups in total. The summed E-state index contributed by atoms with van der Waals surface area (Å²) in [4.78, 5) is 22.0. The standard InChI is InChI=1S/C25H25N5O/c1-15-8-6-7-9-21(15)20-13-26-25(27-14-20)30-23(12-19(5)29-30)24(31)28-22-11-17(3)16(2)10-18(22)4/h6-14H,1-5H3,(H,28,31). The Balaban J connectivity index is 1.65. The van der Waals surface area contributed by atoms with E-state index in [2.05, 4.69) is 46.4 Å². The maximum Gasteiger partial charge on any atom is 0.274 e. The Labute approximate surface area is 182 Å². The van der Waals surface area contributed by atoms with Crippen molar-refractivity contribution < 1.29 is 4.79 Å². The highest BCUT2D eigenvalue weighted by atomic mass is 16.2. The van der Waals surface area contributed by atoms with Gasteiger partial charge in [-0.1, -0.05) is 30.3 Å². The Kier molecular flexibility index (Phi) is 5.38. The number of nitrogens with one attached hydrogen (secondary N) is 1. The van der Waals surface area contributed by atoms with E-state index in [9.17, 15) is 4.79 Å². The van der Waals surface area contributed by atoms with Gasteiger partial charge in [-0.3, -0.25) is 4.79 Å². The van der Waals surface area contributed by atoms with Crippen LogP contribution in [0.4, 0.5) is 5.69 Å². The molecule has 1 amide bonds. The molecular weight excluding hydrogens is 386 g/mol. The van der Waals surface area contributed by atoms with Gasteiger partial charge in [0.25, 0.3) is 11.9 Å². The van der Waals surface area contributed by atoms with Crippen molar-refractivity contribution in [2.45, 2.75) is 34.6 Å². The third kappa shape index (κ3) is 4.10. The van der Waals surface area contributed by atoms with Crippen molar-refractivity contribution in [1.29, 1.82) is 0 Å². The number of aryl methyl sites for hydroxylation is 5. The number of hydrogen-bond acceptors (Lipinski definition) is 4. The third-order valence-electron chi connectivity index (χ3n) is 5.44. The van der Waals surface area contributed by atoms with Crippen LogP contribution in [0.5, 0.6) is 0 Å². The molecule has 2 aromatic heterocycles. The topological polar surface area (TPSA) is 72.7 Å². The van der Waals surface area contributed by atoms with Gasteiger partial charge in [-0.2, -0.15) is 9.78 Å². The number of hydrogen-bond donors (Lipinski definition) is 1. The molecule has 6 heteroatoms. The Hall–Kier alpha value is -3.80. The summed E-state index contributed by atoms with van der Waals surface area (Å²) in [5.74, 6) is 0.103. The van der Waals surface area contributed by atoms with Gasteiger partial charge in [0.15, 0.2) is 0 Å². The van der Waals surface area contributed by atoms with Crippen LogP contribution in [0.1, 0.15) is 38.4 Å². The molecule has 0 aliphatic heterocycles. The fraction of sp³-hybridized carbons (Fsp3) is 0.200. The quantitative estimate of drug-likeness (QED) is 0.506. The van der Waals surface area contributed by atoms with Gasteiger partial charge < -0.3 is 5.32 Å². The fourth-order valence-corrected chi connectivity index (χ4v) is 3.56. The van der Waals surface area contributed by atoms with E-state index in [1.54, 1.807) is 18.5 Å². The molecule has 4 aromatic rings. The lowest BCUT2D eigenvalue weighted by Gasteiger charge is -2.12. The number of carbonyl (C=O) groups is 1. The number of nitrogens with zero attached hydrogens (tertiary/aromatic N) is 4. The Bertz CT molecular complexity index is 1270. The second-order valence-corrected chi connectivity index (χ2v) is 7.87. The smallest absolute Gasteiger partial charge is 0.274 e. The maximum atomic E-state index is 13.1. The van der Waals surface area contributed by atoms with Crippen LogP contribution in [-0.4, -0.2) is 25.7 Å². The molecular formula is C25H25N5O. The largest absolute Gasteiger partial charge is 0.320 e. The van der Waals surface area contributed by atoms with Crippen molar-refractivity contribution in [3.8, 4) is 17.1 Å². The van der Waals surface area contributed by atoms with Crippen molar-refractivity contribution in [2.24, 2.45) is 0 Å². The number of rotatable bonds is 4. The van der Waals surface area contributed by atoms with E-state index < -0.39 is 0 Å². The molecule has 2 aromatic carbocycles. The second-order valence-electron chi connectivity index (χ2n) is 7.87. The van der Waals surface area contributed by atoms with Gasteiger partial charge in [0, 0.05) is 23.6 Å². The summed E-state index contributed by atoms with van der Waals surface area (Å²) >= 11 is 0. The normalized spacial score (nSPS) is 10.9. The summed E-state index contributed by atoms with van der Waals surface area (Å²) < 4.78 is 1.49. The van der Waals surface area contributed by atoms with Crippen LogP contribution in [0.3, 0.4) is 0 Å². The van der Waals surface area contributed by atoms with Crippen molar-refractivity contribution in [1.82, 2.24) is 19.7 Å². The molecule has 0 atom stereocenters. The number of anilines is 1. The summed E-state index contributed by atoms with van der Waals surface area (Å²) in [7, 11) is 0. The molecule has 0 radical (unpaired) electrons. The predicted octanol–water partition coefficient (Wildman–Crippen LogP) is 5.12. The molecule has 2 heterocycles. The summed E-state index contributed by atoms with van der Waals surface area (Å²) in [6.45, 7) is 9.97. The highest BCUT2D eigenvalue weighted by Crippen LogP contribution is 2.23. The first kappa shape index (κ1) is 20.5. The highest BCUT2D eigenvalue weighted by Gasteiger charge is 2.18. The van der Waals surface area contributed by atoms with E-state index >= 15 is 0 Å². The molecule has 0 saturated carbocycles. The lowest BCUT2D eigenvalue weighted by Crippen LogP contribution is -2.19. The Morgan fingerprint density at radius 2 is 1.52 bits per heavy atom. The average molecular weight is 412 g/mol. The molecule has 4 rings (SSSR count). The number of benzene rings is 2. The van der Waals surface area contributed by atoms with E-state index in [0.29, 0.717) is 17.3 Å². The highest BCUT2D eigenvalue weighted by molar-refractivity contribution is 6.04. The lowest BCUT2D eigenvalue weighted by molar-refractivity contribution is 0.101. The van der Waals surface area contributed by atoms with Crippen LogP contribution in [0, 0.1) is 34.6 Å². The zero-order valence-corrected chi connectivity index (χ0v) is 18.4. The predicted molar refractivity (Wildman–Crippen MR) is 123 cm³/mol. The molecule has 6 nitrogen and oxygen atoms in total. The minimum Gasteiger partial charge on any atom is -0.320 e. The summed E-state index contributed by atoms with van der Waals surface area (Å²) in [6.07, 6.45) is 3.52. The van der Waals surface area contributed by atoms with E-state index in [1.165, 1.54) is 10.2 Å². The van der Waals surface area contributed by atoms with E-state index in [0.717, 1.165) is 33.5 Å². The minimum absolute atomic E-state index is 0.251. The molecule has 0 aliphatic carbocycles. The van der Waals surface area contributed by atoms with Crippen LogP contribution < -0.4 is 5.32 Å². The molecule has 0 aliphatic rings. The summed E-state index contributed by atoms with van der Waals surface area (Å²) in [5.41, 5.74) is 8.37. The van der Waals surface area contributed by atoms with Crippen molar-refractivity contribution >= 4 is 11.6 Å². The zero-order chi connectivity index (χ0) is 22.1. The van der Waals surface area contributed by atoms with Gasteiger partial charge in [-0.15, -0.1) is 0 Å². The molecule has 0 spiro atoms. The van der Waals surface area contributed by atoms with E-state index in [-0.39, 0.29) is 5.91 Å². The monoisotopic (exact) mass is 411 g/mol. The first-order valence-corrected chi connectivity index (χ1v) is 10.2. The van der Waals surface area contributed by atoms with Crippen LogP contribution in [0.15, 0.2) is 54.9 Å². The van der Waals surface area contributed by atoms with Crippen LogP contribution >= 0.6 is 0 Å². The van der Waals surface area contributed by atoms with Crippen LogP contribution in [0.2, 0.25) is 0 Å². The second kappa shape index (κ2) is 8.14. The lowest BCUT2D eigenvalue weighted by atomic mass is 10.0. The van der Waals surface area contributed by atoms with Gasteiger partial charge >= 0.3 is 0 Å². The SMILES string of the molecule is Cc1cc(C(=O)Nc2cc(C)c(C)cc2C)n(-c2ncc(-c3ccccc3C)cn2)n1. The number of aromatic nitrogens is 4. The van der Waals surface area contributed by atoms with Gasteiger partial charge in [-0.05, 0) is 74.6 Å². The van der Waals surface area contributed by atoms with Gasteiger partial charge in [0.1, 0.15) is 5.69 Å². The Morgan fingerprint density at radius 1 is 0.839 bits per heavy atom. The van der Waals surface area contributed by atoms with Gasteiger partial charge in [0.05, 0.1) is 5.69 Å². The first-order chi connectivity index (χ1) is 14.8. The minimum atomic E-state index is -0.251. The molecule has 0 unspecified atom stereocenters. The van der Waals surface area contributed by atoms with Crippen LogP contribution in [0.25, 0.3) is 17.1 Å². The van der Waals surface area contributed by atoms with E-state index in [4.69, 9.17) is 0 Å². The summed E-state index contributed by atoms with van der Waals surface area (Å²) in [5, 5.41) is 7.46. The van der Waals surface area contributed by atoms with Crippen molar-refractivity contribution in [2.75, 3.05) is 5.32 Å². The van der Waals surface area contributed by atoms with Crippen molar-refractivity contribution in [3.05, 3.63) is 88.5 Å². The first-order valence-electron chi connectivity index (χ1n) is 10.2. The molecule has 0 bridgehead atoms. The van der Waals surface area contributed by atoms with Crippen molar-refractivity contribution in [3.63, 3.8) is 0 Å². The molecule has 156 valence electrons. The molecule has 0 saturated heterocycles. The van der Waals surface area contributed by atoms with Crippen LogP contribution in [-0.2, 0) is 0 Å². The average Bonchev–Trinajstić information content (AvgIpc) is 3.14. The number of carbonyl (C=O) groups excluding carboxylic acids is 1. The molecule has 0 fully saturated rings. The van der Waals surface area contributed by atoms with Gasteiger partial charge in [-0.25, -0.2) is 9.97 Å². The maximum absolute atomic E-state index is 13.1. The number of amides is 1.